The first-order chi connectivity index (χ1) is 17.0. The molecule has 0 spiro atoms. The predicted molar refractivity (Wildman–Crippen MR) is 138 cm³/mol. The molecule has 2 aromatic carbocycles. The summed E-state index contributed by atoms with van der Waals surface area (Å²) < 4.78 is 30.2. The minimum absolute atomic E-state index is 0.0887. The van der Waals surface area contributed by atoms with Crippen molar-refractivity contribution < 1.29 is 23.7 Å². The van der Waals surface area contributed by atoms with Gasteiger partial charge in [-0.15, -0.1) is 0 Å². The number of hydrogen-bond acceptors (Lipinski definition) is 4. The van der Waals surface area contributed by atoms with Gasteiger partial charge >= 0.3 is 0 Å². The van der Waals surface area contributed by atoms with Crippen molar-refractivity contribution in [2.45, 2.75) is 57.2 Å². The molecule has 0 aromatic heterocycles. The van der Waals surface area contributed by atoms with Crippen LogP contribution in [0, 0.1) is 5.82 Å². The summed E-state index contributed by atoms with van der Waals surface area (Å²) >= 11 is 0. The topological polar surface area (TPSA) is 47.9 Å². The van der Waals surface area contributed by atoms with Crippen LogP contribution in [0.1, 0.15) is 62.0 Å². The summed E-state index contributed by atoms with van der Waals surface area (Å²) in [5, 5.41) is 10.1. The van der Waals surface area contributed by atoms with Crippen LogP contribution in [0.3, 0.4) is 0 Å². The molecule has 0 bridgehead atoms. The van der Waals surface area contributed by atoms with E-state index in [0.29, 0.717) is 6.61 Å². The zero-order valence-electron chi connectivity index (χ0n) is 21.0. The number of unbranched alkanes of at least 4 members (excludes halogenated alkanes) is 1. The lowest BCUT2D eigenvalue weighted by Crippen LogP contribution is -2.19. The molecule has 0 unspecified atom stereocenters. The van der Waals surface area contributed by atoms with E-state index in [4.69, 9.17) is 14.2 Å². The molecule has 0 saturated carbocycles. The van der Waals surface area contributed by atoms with Gasteiger partial charge in [-0.1, -0.05) is 36.4 Å². The Balaban J connectivity index is 1.82. The van der Waals surface area contributed by atoms with E-state index in [2.05, 4.69) is 25.6 Å². The summed E-state index contributed by atoms with van der Waals surface area (Å²) in [7, 11) is 3.30. The molecule has 1 aliphatic rings. The van der Waals surface area contributed by atoms with Crippen LogP contribution in [0.15, 0.2) is 84.2 Å². The molecule has 1 N–H and O–H groups in total. The fourth-order valence-corrected chi connectivity index (χ4v) is 4.88. The van der Waals surface area contributed by atoms with Crippen molar-refractivity contribution in [3.05, 3.63) is 101 Å². The van der Waals surface area contributed by atoms with Crippen molar-refractivity contribution in [1.82, 2.24) is 0 Å². The van der Waals surface area contributed by atoms with Gasteiger partial charge < -0.3 is 19.3 Å². The number of allylic oxidation sites excluding steroid dienone is 4. The van der Waals surface area contributed by atoms with E-state index in [1.165, 1.54) is 23.8 Å². The molecule has 188 valence electrons. The largest absolute Gasteiger partial charge is 0.508 e. The normalized spacial score (nSPS) is 18.7. The van der Waals surface area contributed by atoms with E-state index in [9.17, 15) is 9.50 Å². The summed E-state index contributed by atoms with van der Waals surface area (Å²) in [6, 6.07) is 15.1. The number of aliphatic hydroxyl groups excluding tert-OH is 1. The molecule has 2 aromatic rings. The van der Waals surface area contributed by atoms with Crippen LogP contribution in [0.4, 0.5) is 4.39 Å². The standard InChI is InChI=1S/C30H37FO4/c1-5-26(32)19-23-14-17-28(22-12-15-25(31)16-13-22)30(21(23)2)24-9-8-10-27(20-24)35-18-7-6-11-29(33-3)34-4/h5,8-10,12-13,15-16,19-20,28-30,32H,1,6-7,11,14,17-18H2,2-4H3/b26-19+/t28-,30+/m0/s1. The average Bonchev–Trinajstić information content (AvgIpc) is 2.88. The Hall–Kier alpha value is -2.89. The summed E-state index contributed by atoms with van der Waals surface area (Å²) in [6.07, 6.45) is 7.51. The van der Waals surface area contributed by atoms with Gasteiger partial charge in [-0.3, -0.25) is 0 Å². The molecule has 0 fully saturated rings. The number of halogens is 1. The second-order valence-corrected chi connectivity index (χ2v) is 8.97. The zero-order chi connectivity index (χ0) is 25.2. The average molecular weight is 481 g/mol. The van der Waals surface area contributed by atoms with Crippen molar-refractivity contribution in [1.29, 1.82) is 0 Å². The number of benzene rings is 2. The molecule has 35 heavy (non-hydrogen) atoms. The molecule has 0 amide bonds. The third kappa shape index (κ3) is 7.30. The second kappa shape index (κ2) is 13.3. The Morgan fingerprint density at radius 1 is 1.11 bits per heavy atom. The zero-order valence-corrected chi connectivity index (χ0v) is 21.0. The van der Waals surface area contributed by atoms with E-state index in [-0.39, 0.29) is 29.7 Å². The maximum absolute atomic E-state index is 13.6. The van der Waals surface area contributed by atoms with Gasteiger partial charge in [0.05, 0.1) is 6.61 Å². The van der Waals surface area contributed by atoms with Crippen LogP contribution in [0.2, 0.25) is 0 Å². The highest BCUT2D eigenvalue weighted by atomic mass is 19.1. The van der Waals surface area contributed by atoms with Gasteiger partial charge in [-0.05, 0) is 98.1 Å². The Morgan fingerprint density at radius 3 is 2.54 bits per heavy atom. The maximum atomic E-state index is 13.6. The molecule has 4 nitrogen and oxygen atoms in total. The lowest BCUT2D eigenvalue weighted by molar-refractivity contribution is -0.107. The highest BCUT2D eigenvalue weighted by molar-refractivity contribution is 5.45. The second-order valence-electron chi connectivity index (χ2n) is 8.97. The fourth-order valence-electron chi connectivity index (χ4n) is 4.88. The molecule has 0 saturated heterocycles. The highest BCUT2D eigenvalue weighted by Gasteiger charge is 2.31. The molecular weight excluding hydrogens is 443 g/mol. The van der Waals surface area contributed by atoms with Gasteiger partial charge in [-0.2, -0.15) is 0 Å². The molecule has 0 aliphatic heterocycles. The quantitative estimate of drug-likeness (QED) is 0.147. The predicted octanol–water partition coefficient (Wildman–Crippen LogP) is 7.60. The third-order valence-electron chi connectivity index (χ3n) is 6.78. The first-order valence-electron chi connectivity index (χ1n) is 12.2. The van der Waals surface area contributed by atoms with Gasteiger partial charge in [-0.25, -0.2) is 4.39 Å². The van der Waals surface area contributed by atoms with Gasteiger partial charge in [0.2, 0.25) is 0 Å². The smallest absolute Gasteiger partial charge is 0.156 e. The van der Waals surface area contributed by atoms with Crippen molar-refractivity contribution in [3.63, 3.8) is 0 Å². The van der Waals surface area contributed by atoms with Crippen LogP contribution in [-0.2, 0) is 9.47 Å². The van der Waals surface area contributed by atoms with Crippen LogP contribution in [0.25, 0.3) is 0 Å². The Labute approximate surface area is 208 Å². The number of methoxy groups -OCH3 is 2. The van der Waals surface area contributed by atoms with Gasteiger partial charge in [0.25, 0.3) is 0 Å². The van der Waals surface area contributed by atoms with Crippen LogP contribution >= 0.6 is 0 Å². The van der Waals surface area contributed by atoms with Crippen molar-refractivity contribution in [3.8, 4) is 5.75 Å². The highest BCUT2D eigenvalue weighted by Crippen LogP contribution is 2.48. The van der Waals surface area contributed by atoms with E-state index in [1.807, 2.05) is 30.3 Å². The van der Waals surface area contributed by atoms with Gasteiger partial charge in [0.1, 0.15) is 17.3 Å². The van der Waals surface area contributed by atoms with E-state index < -0.39 is 0 Å². The number of rotatable bonds is 12. The Morgan fingerprint density at radius 2 is 1.86 bits per heavy atom. The number of hydrogen-bond donors (Lipinski definition) is 1. The third-order valence-corrected chi connectivity index (χ3v) is 6.78. The number of aliphatic hydroxyl groups is 1. The lowest BCUT2D eigenvalue weighted by atomic mass is 9.69. The van der Waals surface area contributed by atoms with Crippen LogP contribution in [0.5, 0.6) is 5.75 Å². The summed E-state index contributed by atoms with van der Waals surface area (Å²) in [5.41, 5.74) is 4.57. The minimum atomic E-state index is -0.231. The first kappa shape index (κ1) is 26.7. The number of ether oxygens (including phenoxy) is 3. The molecular formula is C30H37FO4. The van der Waals surface area contributed by atoms with Crippen molar-refractivity contribution >= 4 is 0 Å². The van der Waals surface area contributed by atoms with E-state index >= 15 is 0 Å². The molecule has 2 atom stereocenters. The van der Waals surface area contributed by atoms with E-state index in [0.717, 1.165) is 54.6 Å². The molecule has 3 rings (SSSR count). The van der Waals surface area contributed by atoms with Gasteiger partial charge in [0, 0.05) is 20.1 Å². The van der Waals surface area contributed by atoms with E-state index in [1.54, 1.807) is 14.2 Å². The summed E-state index contributed by atoms with van der Waals surface area (Å²) in [5.74, 6) is 1.06. The first-order valence-corrected chi connectivity index (χ1v) is 12.2. The fraction of sp³-hybridized carbons (Fsp3) is 0.400. The summed E-state index contributed by atoms with van der Waals surface area (Å²) in [4.78, 5) is 0. The van der Waals surface area contributed by atoms with Gasteiger partial charge in [0.15, 0.2) is 6.29 Å². The monoisotopic (exact) mass is 480 g/mol. The molecule has 1 aliphatic carbocycles. The Kier molecular flexibility index (Phi) is 10.1. The van der Waals surface area contributed by atoms with Crippen LogP contribution in [-0.4, -0.2) is 32.2 Å². The Bertz CT molecular complexity index is 1020. The SMILES string of the molecule is C=C/C(O)=C\C1=C(C)[C@H](c2cccc(OCCCCC(OC)OC)c2)[C@H](c2ccc(F)cc2)CC1. The van der Waals surface area contributed by atoms with Crippen molar-refractivity contribution in [2.24, 2.45) is 0 Å². The van der Waals surface area contributed by atoms with Crippen molar-refractivity contribution in [2.75, 3.05) is 20.8 Å². The maximum Gasteiger partial charge on any atom is 0.156 e. The minimum Gasteiger partial charge on any atom is -0.508 e. The molecule has 0 heterocycles. The van der Waals surface area contributed by atoms with Crippen LogP contribution < -0.4 is 4.74 Å². The lowest BCUT2D eigenvalue weighted by Gasteiger charge is -2.35. The molecule has 0 radical (unpaired) electrons. The molecule has 5 heteroatoms. The summed E-state index contributed by atoms with van der Waals surface area (Å²) in [6.45, 7) is 6.40.